The van der Waals surface area contributed by atoms with Crippen molar-refractivity contribution in [1.29, 1.82) is 0 Å². The summed E-state index contributed by atoms with van der Waals surface area (Å²) < 4.78 is 0.734. The first-order chi connectivity index (χ1) is 5.04. The van der Waals surface area contributed by atoms with Crippen LogP contribution in [0.5, 0.6) is 0 Å². The molecule has 0 amide bonds. The number of halogens is 1. The molecule has 7 heteroatoms. The Labute approximate surface area is 69.4 Å². The second-order valence-electron chi connectivity index (χ2n) is 1.84. The Kier molecular flexibility index (Phi) is 1.95. The number of hydrogen-bond acceptors (Lipinski definition) is 2. The SMILES string of the molecule is [B]c1c(C(=O)Cl)c(=O)[nH]n1[B]. The number of aromatic amines is 1. The van der Waals surface area contributed by atoms with E-state index in [1.807, 2.05) is 0 Å². The van der Waals surface area contributed by atoms with Crippen molar-refractivity contribution < 1.29 is 4.79 Å². The van der Waals surface area contributed by atoms with Gasteiger partial charge in [0, 0.05) is 0 Å². The van der Waals surface area contributed by atoms with Crippen LogP contribution in [0.3, 0.4) is 0 Å². The fraction of sp³-hybridized carbons (Fsp3) is 0. The number of H-pyrrole nitrogens is 1. The molecule has 0 fully saturated rings. The molecule has 4 nitrogen and oxygen atoms in total. The van der Waals surface area contributed by atoms with Crippen molar-refractivity contribution >= 4 is 38.3 Å². The Balaban J connectivity index is 3.46. The van der Waals surface area contributed by atoms with Crippen molar-refractivity contribution in [3.05, 3.63) is 15.9 Å². The van der Waals surface area contributed by atoms with Gasteiger partial charge in [0.25, 0.3) is 18.8 Å². The smallest absolute Gasteiger partial charge is 0.274 e. The Morgan fingerprint density at radius 2 is 2.18 bits per heavy atom. The first-order valence-electron chi connectivity index (χ1n) is 2.59. The summed E-state index contributed by atoms with van der Waals surface area (Å²) in [5, 5.41) is 1.14. The molecular weight excluding hydrogens is 165 g/mol. The summed E-state index contributed by atoms with van der Waals surface area (Å²) in [7, 11) is 10.3. The molecule has 52 valence electrons. The highest BCUT2D eigenvalue weighted by Gasteiger charge is 2.13. The highest BCUT2D eigenvalue weighted by atomic mass is 35.5. The number of nitrogens with one attached hydrogen (secondary N) is 1. The van der Waals surface area contributed by atoms with Crippen LogP contribution in [0.25, 0.3) is 0 Å². The molecule has 1 heterocycles. The quantitative estimate of drug-likeness (QED) is 0.398. The highest BCUT2D eigenvalue weighted by Crippen LogP contribution is 1.90. The molecule has 0 aromatic carbocycles. The fourth-order valence-corrected chi connectivity index (χ4v) is 0.835. The van der Waals surface area contributed by atoms with Crippen molar-refractivity contribution in [2.45, 2.75) is 0 Å². The van der Waals surface area contributed by atoms with E-state index >= 15 is 0 Å². The lowest BCUT2D eigenvalue weighted by molar-refractivity contribution is 0.108. The fourth-order valence-electron chi connectivity index (χ4n) is 0.652. The Hall–Kier alpha value is -0.900. The summed E-state index contributed by atoms with van der Waals surface area (Å²) in [6, 6.07) is 0. The van der Waals surface area contributed by atoms with Crippen LogP contribution in [0, 0.1) is 0 Å². The summed E-state index contributed by atoms with van der Waals surface area (Å²) in [5.74, 6) is 0. The van der Waals surface area contributed by atoms with Gasteiger partial charge in [-0.2, -0.15) is 0 Å². The van der Waals surface area contributed by atoms with E-state index in [0.29, 0.717) is 0 Å². The van der Waals surface area contributed by atoms with E-state index in [9.17, 15) is 9.59 Å². The topological polar surface area (TPSA) is 54.9 Å². The van der Waals surface area contributed by atoms with Gasteiger partial charge in [0.1, 0.15) is 13.4 Å². The van der Waals surface area contributed by atoms with Gasteiger partial charge in [0.15, 0.2) is 0 Å². The molecule has 1 rings (SSSR count). The Morgan fingerprint density at radius 1 is 1.64 bits per heavy atom. The Bertz CT molecular complexity index is 355. The summed E-state index contributed by atoms with van der Waals surface area (Å²) in [6.07, 6.45) is 0. The molecular formula is C4HB2ClN2O2. The third kappa shape index (κ3) is 1.26. The number of rotatable bonds is 1. The number of aromatic nitrogens is 2. The van der Waals surface area contributed by atoms with Crippen molar-refractivity contribution in [2.24, 2.45) is 0 Å². The largest absolute Gasteiger partial charge is 0.356 e. The molecule has 0 atom stereocenters. The predicted molar refractivity (Wildman–Crippen MR) is 41.8 cm³/mol. The number of carbonyl (C=O) groups is 1. The molecule has 11 heavy (non-hydrogen) atoms. The van der Waals surface area contributed by atoms with E-state index in [0.717, 1.165) is 4.59 Å². The van der Waals surface area contributed by atoms with Gasteiger partial charge in [0.2, 0.25) is 0 Å². The molecule has 4 radical (unpaired) electrons. The summed E-state index contributed by atoms with van der Waals surface area (Å²) in [6.45, 7) is 0. The van der Waals surface area contributed by atoms with E-state index in [2.05, 4.69) is 5.10 Å². The predicted octanol–water partition coefficient (Wildman–Crippen LogP) is -1.72. The van der Waals surface area contributed by atoms with Crippen LogP contribution in [0.2, 0.25) is 0 Å². The van der Waals surface area contributed by atoms with Gasteiger partial charge in [-0.1, -0.05) is 0 Å². The highest BCUT2D eigenvalue weighted by molar-refractivity contribution is 6.69. The lowest BCUT2D eigenvalue weighted by Crippen LogP contribution is -2.22. The van der Waals surface area contributed by atoms with Crippen LogP contribution in [0.4, 0.5) is 0 Å². The van der Waals surface area contributed by atoms with Crippen LogP contribution < -0.4 is 11.2 Å². The molecule has 0 unspecified atom stereocenters. The van der Waals surface area contributed by atoms with Crippen molar-refractivity contribution in [1.82, 2.24) is 9.69 Å². The average molecular weight is 166 g/mol. The van der Waals surface area contributed by atoms with Crippen LogP contribution in [-0.2, 0) is 0 Å². The molecule has 1 N–H and O–H groups in total. The van der Waals surface area contributed by atoms with E-state index in [1.165, 1.54) is 0 Å². The second-order valence-corrected chi connectivity index (χ2v) is 2.19. The normalized spacial score (nSPS) is 9.91. The lowest BCUT2D eigenvalue weighted by Gasteiger charge is -1.93. The van der Waals surface area contributed by atoms with Crippen molar-refractivity contribution in [3.8, 4) is 0 Å². The van der Waals surface area contributed by atoms with E-state index < -0.39 is 10.8 Å². The average Bonchev–Trinajstić information content (AvgIpc) is 2.07. The molecule has 0 spiro atoms. The number of hydrogen-bond donors (Lipinski definition) is 1. The zero-order valence-electron chi connectivity index (χ0n) is 5.30. The van der Waals surface area contributed by atoms with Gasteiger partial charge >= 0.3 is 0 Å². The third-order valence-corrected chi connectivity index (χ3v) is 1.35. The molecule has 0 aliphatic rings. The minimum atomic E-state index is -0.923. The van der Waals surface area contributed by atoms with E-state index in [4.69, 9.17) is 27.4 Å². The van der Waals surface area contributed by atoms with Gasteiger partial charge in [-0.05, 0) is 17.2 Å². The van der Waals surface area contributed by atoms with Gasteiger partial charge in [-0.25, -0.2) is 0 Å². The van der Waals surface area contributed by atoms with Crippen molar-refractivity contribution in [3.63, 3.8) is 0 Å². The first-order valence-corrected chi connectivity index (χ1v) is 2.97. The van der Waals surface area contributed by atoms with Gasteiger partial charge in [0.05, 0.1) is 0 Å². The zero-order chi connectivity index (χ0) is 8.59. The maximum absolute atomic E-state index is 10.8. The number of nitrogens with zero attached hydrogens (tertiary/aromatic N) is 1. The zero-order valence-corrected chi connectivity index (χ0v) is 6.05. The monoisotopic (exact) mass is 166 g/mol. The minimum absolute atomic E-state index is 0.171. The lowest BCUT2D eigenvalue weighted by atomic mass is 9.99. The summed E-state index contributed by atoms with van der Waals surface area (Å²) in [4.78, 5) is 21.3. The van der Waals surface area contributed by atoms with Gasteiger partial charge in [-0.3, -0.25) is 14.7 Å². The third-order valence-electron chi connectivity index (χ3n) is 1.16. The van der Waals surface area contributed by atoms with Gasteiger partial charge < -0.3 is 4.59 Å². The van der Waals surface area contributed by atoms with Crippen LogP contribution in [0.1, 0.15) is 10.4 Å². The maximum Gasteiger partial charge on any atom is 0.274 e. The summed E-state index contributed by atoms with van der Waals surface area (Å²) in [5.41, 5.74) is -1.19. The van der Waals surface area contributed by atoms with E-state index in [1.54, 1.807) is 0 Å². The molecule has 0 bridgehead atoms. The molecule has 0 saturated heterocycles. The van der Waals surface area contributed by atoms with Crippen LogP contribution in [-0.4, -0.2) is 30.8 Å². The molecule has 0 aliphatic heterocycles. The summed E-state index contributed by atoms with van der Waals surface area (Å²) >= 11 is 5.02. The Morgan fingerprint density at radius 3 is 2.36 bits per heavy atom. The molecule has 1 aromatic heterocycles. The second kappa shape index (κ2) is 2.62. The standard InChI is InChI=1S/C4HB2ClN2O2/c5-2-1(3(7)10)4(11)8-9(2)6/h(H,8,11). The van der Waals surface area contributed by atoms with Crippen LogP contribution >= 0.6 is 11.6 Å². The molecule has 1 aromatic rings. The van der Waals surface area contributed by atoms with E-state index in [-0.39, 0.29) is 11.2 Å². The van der Waals surface area contributed by atoms with Crippen molar-refractivity contribution in [2.75, 3.05) is 0 Å². The minimum Gasteiger partial charge on any atom is -0.356 e. The first kappa shape index (κ1) is 8.20. The molecule has 0 aliphatic carbocycles. The van der Waals surface area contributed by atoms with Crippen LogP contribution in [0.15, 0.2) is 4.79 Å². The maximum atomic E-state index is 10.8. The molecule has 0 saturated carbocycles. The van der Waals surface area contributed by atoms with Gasteiger partial charge in [-0.15, -0.1) is 0 Å². The number of carbonyl (C=O) groups excluding carboxylic acids is 1.